The number of hydrogen-bond donors (Lipinski definition) is 2. The Labute approximate surface area is 148 Å². The van der Waals surface area contributed by atoms with E-state index in [0.29, 0.717) is 0 Å². The lowest BCUT2D eigenvalue weighted by molar-refractivity contribution is -0.662. The molecule has 0 aliphatic carbocycles. The lowest BCUT2D eigenvalue weighted by Crippen LogP contribution is -2.63. The highest BCUT2D eigenvalue weighted by molar-refractivity contribution is 9.10. The standard InChI is InChI=1S/C14H19BrN4O3S/c1-5-22-12(16)19(4,14(21)18(2)3)13(20)17-23-11-8-6-10(15)7-9-11/h6-9,16H,5H2,1-4H3/p+1. The number of carbonyl (C=O) groups excluding carboxylic acids is 2. The highest BCUT2D eigenvalue weighted by Crippen LogP contribution is 2.20. The van der Waals surface area contributed by atoms with Gasteiger partial charge < -0.3 is 4.74 Å². The number of quaternary nitrogens is 1. The summed E-state index contributed by atoms with van der Waals surface area (Å²) in [6.45, 7) is 1.88. The molecule has 0 radical (unpaired) electrons. The number of nitrogens with zero attached hydrogens (tertiary/aromatic N) is 2. The SMILES string of the molecule is CCOC(=N)[N+](C)(C(=O)NSc1ccc(Br)cc1)C(=O)N(C)C. The van der Waals surface area contributed by atoms with Crippen molar-refractivity contribution in [2.45, 2.75) is 11.8 Å². The minimum absolute atomic E-state index is 0.195. The Bertz CT molecular complexity index is 594. The lowest BCUT2D eigenvalue weighted by Gasteiger charge is -2.28. The first-order chi connectivity index (χ1) is 10.7. The van der Waals surface area contributed by atoms with Crippen molar-refractivity contribution in [3.8, 4) is 0 Å². The molecule has 0 aromatic heterocycles. The predicted molar refractivity (Wildman–Crippen MR) is 93.2 cm³/mol. The normalized spacial score (nSPS) is 12.9. The fourth-order valence-corrected chi connectivity index (χ4v) is 2.55. The van der Waals surface area contributed by atoms with Gasteiger partial charge in [-0.3, -0.25) is 4.90 Å². The van der Waals surface area contributed by atoms with Crippen LogP contribution in [0.5, 0.6) is 0 Å². The quantitative estimate of drug-likeness (QED) is 0.351. The lowest BCUT2D eigenvalue weighted by atomic mass is 10.4. The fraction of sp³-hybridized carbons (Fsp3) is 0.357. The Morgan fingerprint density at radius 3 is 2.39 bits per heavy atom. The number of halogens is 1. The van der Waals surface area contributed by atoms with E-state index < -0.39 is 22.6 Å². The monoisotopic (exact) mass is 403 g/mol. The molecule has 0 heterocycles. The smallest absolute Gasteiger partial charge is 0.436 e. The zero-order chi connectivity index (χ0) is 17.6. The predicted octanol–water partition coefficient (Wildman–Crippen LogP) is 3.27. The van der Waals surface area contributed by atoms with E-state index in [2.05, 4.69) is 20.7 Å². The fourth-order valence-electron chi connectivity index (χ4n) is 1.63. The van der Waals surface area contributed by atoms with Gasteiger partial charge in [0.2, 0.25) is 0 Å². The van der Waals surface area contributed by atoms with E-state index in [1.165, 1.54) is 26.0 Å². The summed E-state index contributed by atoms with van der Waals surface area (Å²) < 4.78 is 7.70. The zero-order valence-electron chi connectivity index (χ0n) is 13.4. The summed E-state index contributed by atoms with van der Waals surface area (Å²) in [5.41, 5.74) is 0. The number of hydrogen-bond acceptors (Lipinski definition) is 5. The summed E-state index contributed by atoms with van der Waals surface area (Å²) in [5.74, 6) is 0. The summed E-state index contributed by atoms with van der Waals surface area (Å²) in [7, 11) is 4.37. The van der Waals surface area contributed by atoms with E-state index in [0.717, 1.165) is 21.3 Å². The molecule has 1 aromatic rings. The van der Waals surface area contributed by atoms with Gasteiger partial charge in [0, 0.05) is 23.5 Å². The molecule has 9 heteroatoms. The van der Waals surface area contributed by atoms with Crippen molar-refractivity contribution < 1.29 is 18.8 Å². The van der Waals surface area contributed by atoms with Crippen molar-refractivity contribution in [1.82, 2.24) is 9.62 Å². The first-order valence-electron chi connectivity index (χ1n) is 6.76. The summed E-state index contributed by atoms with van der Waals surface area (Å²) >= 11 is 4.40. The molecule has 0 aliphatic heterocycles. The van der Waals surface area contributed by atoms with Gasteiger partial charge in [0.25, 0.3) is 0 Å². The number of benzene rings is 1. The van der Waals surface area contributed by atoms with Crippen LogP contribution in [-0.4, -0.2) is 55.2 Å². The first kappa shape index (κ1) is 19.5. The Morgan fingerprint density at radius 1 is 1.35 bits per heavy atom. The van der Waals surface area contributed by atoms with Gasteiger partial charge in [0.05, 0.1) is 13.7 Å². The van der Waals surface area contributed by atoms with Crippen LogP contribution in [0.3, 0.4) is 0 Å². The van der Waals surface area contributed by atoms with Gasteiger partial charge in [0.15, 0.2) is 0 Å². The largest absolute Gasteiger partial charge is 0.444 e. The summed E-state index contributed by atoms with van der Waals surface area (Å²) in [6.07, 6.45) is 0. The van der Waals surface area contributed by atoms with Crippen LogP contribution in [0.2, 0.25) is 0 Å². The van der Waals surface area contributed by atoms with E-state index in [4.69, 9.17) is 10.1 Å². The minimum atomic E-state index is -0.926. The van der Waals surface area contributed by atoms with Gasteiger partial charge in [-0.2, -0.15) is 0 Å². The molecule has 1 unspecified atom stereocenters. The highest BCUT2D eigenvalue weighted by atomic mass is 79.9. The van der Waals surface area contributed by atoms with Crippen molar-refractivity contribution in [2.24, 2.45) is 0 Å². The molecule has 2 N–H and O–H groups in total. The molecule has 0 bridgehead atoms. The van der Waals surface area contributed by atoms with Crippen LogP contribution in [0.4, 0.5) is 9.59 Å². The number of amidine groups is 1. The second kappa shape index (κ2) is 8.32. The number of imide groups is 1. The molecule has 23 heavy (non-hydrogen) atoms. The molecular formula is C14H20BrN4O3S+. The highest BCUT2D eigenvalue weighted by Gasteiger charge is 2.49. The number of rotatable bonds is 3. The van der Waals surface area contributed by atoms with Gasteiger partial charge in [-0.15, -0.1) is 0 Å². The Balaban J connectivity index is 2.93. The second-order valence-electron chi connectivity index (χ2n) is 4.88. The molecule has 1 atom stereocenters. The van der Waals surface area contributed by atoms with E-state index >= 15 is 0 Å². The zero-order valence-corrected chi connectivity index (χ0v) is 15.8. The molecule has 0 fully saturated rings. The topological polar surface area (TPSA) is 82.5 Å². The molecule has 7 nitrogen and oxygen atoms in total. The number of carbonyl (C=O) groups is 2. The third kappa shape index (κ3) is 4.69. The van der Waals surface area contributed by atoms with Gasteiger partial charge in [-0.25, -0.2) is 19.7 Å². The Hall–Kier alpha value is -1.58. The molecule has 1 aromatic carbocycles. The molecule has 0 saturated heterocycles. The van der Waals surface area contributed by atoms with Crippen molar-refractivity contribution >= 4 is 46.0 Å². The second-order valence-corrected chi connectivity index (χ2v) is 6.68. The Morgan fingerprint density at radius 2 is 1.91 bits per heavy atom. The average molecular weight is 404 g/mol. The number of ether oxygens (including phenoxy) is 1. The van der Waals surface area contributed by atoms with Gasteiger partial charge >= 0.3 is 18.1 Å². The molecule has 0 aliphatic rings. The molecule has 0 saturated carbocycles. The summed E-state index contributed by atoms with van der Waals surface area (Å²) in [4.78, 5) is 27.0. The van der Waals surface area contributed by atoms with Crippen molar-refractivity contribution in [3.05, 3.63) is 28.7 Å². The maximum absolute atomic E-state index is 12.5. The van der Waals surface area contributed by atoms with Crippen molar-refractivity contribution in [2.75, 3.05) is 27.7 Å². The van der Waals surface area contributed by atoms with Crippen molar-refractivity contribution in [1.29, 1.82) is 5.41 Å². The van der Waals surface area contributed by atoms with Gasteiger partial charge in [0.1, 0.15) is 0 Å². The molecule has 1 rings (SSSR count). The van der Waals surface area contributed by atoms with Crippen LogP contribution in [0.15, 0.2) is 33.6 Å². The summed E-state index contributed by atoms with van der Waals surface area (Å²) in [5, 5.41) is 7.93. The van der Waals surface area contributed by atoms with Crippen LogP contribution in [-0.2, 0) is 4.74 Å². The molecular weight excluding hydrogens is 384 g/mol. The van der Waals surface area contributed by atoms with Crippen LogP contribution in [0.1, 0.15) is 6.92 Å². The van der Waals surface area contributed by atoms with Gasteiger partial charge in [-0.1, -0.05) is 20.4 Å². The van der Waals surface area contributed by atoms with Crippen LogP contribution in [0.25, 0.3) is 0 Å². The first-order valence-corrected chi connectivity index (χ1v) is 8.37. The molecule has 126 valence electrons. The van der Waals surface area contributed by atoms with Crippen LogP contribution >= 0.6 is 27.9 Å². The Kier molecular flexibility index (Phi) is 7.04. The van der Waals surface area contributed by atoms with E-state index in [-0.39, 0.29) is 6.61 Å². The van der Waals surface area contributed by atoms with E-state index in [1.54, 1.807) is 6.92 Å². The van der Waals surface area contributed by atoms with E-state index in [9.17, 15) is 9.59 Å². The van der Waals surface area contributed by atoms with Crippen molar-refractivity contribution in [3.63, 3.8) is 0 Å². The third-order valence-electron chi connectivity index (χ3n) is 2.93. The van der Waals surface area contributed by atoms with Crippen LogP contribution < -0.4 is 4.72 Å². The number of urea groups is 2. The minimum Gasteiger partial charge on any atom is -0.436 e. The number of amides is 4. The van der Waals surface area contributed by atoms with Crippen LogP contribution in [0, 0.1) is 5.41 Å². The maximum atomic E-state index is 12.5. The average Bonchev–Trinajstić information content (AvgIpc) is 2.52. The van der Waals surface area contributed by atoms with Gasteiger partial charge in [-0.05, 0) is 43.1 Å². The third-order valence-corrected chi connectivity index (χ3v) is 4.24. The van der Waals surface area contributed by atoms with E-state index in [1.807, 2.05) is 24.3 Å². The summed E-state index contributed by atoms with van der Waals surface area (Å²) in [6, 6.07) is 5.67. The molecule has 0 spiro atoms. The molecule has 4 amide bonds. The maximum Gasteiger partial charge on any atom is 0.444 e. The number of nitrogens with one attached hydrogen (secondary N) is 2.